The van der Waals surface area contributed by atoms with Gasteiger partial charge in [0.2, 0.25) is 0 Å². The van der Waals surface area contributed by atoms with Crippen LogP contribution < -0.4 is 5.32 Å². The fourth-order valence-electron chi connectivity index (χ4n) is 1.72. The lowest BCUT2D eigenvalue weighted by molar-refractivity contribution is 0.104. The number of carbonyl (C=O) groups excluding carboxylic acids is 1. The standard InChI is InChI=1S/C15H15NO3S/c1-2-3-4-11-9-20-15(16-11)8-13(18)10-5-6-12(17)14(19)7-10/h2-8,11,16-17,19H,1,9H2/b4-3+,15-8-. The molecule has 0 amide bonds. The Morgan fingerprint density at radius 3 is 2.90 bits per heavy atom. The largest absolute Gasteiger partial charge is 0.504 e. The average Bonchev–Trinajstić information content (AvgIpc) is 2.87. The van der Waals surface area contributed by atoms with Crippen molar-refractivity contribution in [2.24, 2.45) is 0 Å². The highest BCUT2D eigenvalue weighted by Gasteiger charge is 2.17. The van der Waals surface area contributed by atoms with Gasteiger partial charge in [-0.15, -0.1) is 11.8 Å². The molecule has 0 radical (unpaired) electrons. The third-order valence-electron chi connectivity index (χ3n) is 2.75. The molecule has 1 fully saturated rings. The highest BCUT2D eigenvalue weighted by Crippen LogP contribution is 2.27. The van der Waals surface area contributed by atoms with E-state index in [1.54, 1.807) is 17.8 Å². The molecule has 3 N–H and O–H groups in total. The van der Waals surface area contributed by atoms with Crippen molar-refractivity contribution in [3.05, 3.63) is 59.7 Å². The molecule has 1 aromatic rings. The molecule has 2 rings (SSSR count). The number of hydrogen-bond acceptors (Lipinski definition) is 5. The smallest absolute Gasteiger partial charge is 0.188 e. The summed E-state index contributed by atoms with van der Waals surface area (Å²) in [7, 11) is 0. The Morgan fingerprint density at radius 1 is 1.40 bits per heavy atom. The van der Waals surface area contributed by atoms with E-state index in [1.165, 1.54) is 24.3 Å². The molecule has 0 aromatic heterocycles. The number of allylic oxidation sites excluding steroid dienone is 3. The van der Waals surface area contributed by atoms with Crippen LogP contribution in [0.2, 0.25) is 0 Å². The van der Waals surface area contributed by atoms with E-state index in [9.17, 15) is 15.0 Å². The zero-order chi connectivity index (χ0) is 14.5. The summed E-state index contributed by atoms with van der Waals surface area (Å²) in [6, 6.07) is 4.21. The van der Waals surface area contributed by atoms with Crippen LogP contribution in [-0.2, 0) is 0 Å². The molecule has 1 unspecified atom stereocenters. The zero-order valence-electron chi connectivity index (χ0n) is 10.7. The summed E-state index contributed by atoms with van der Waals surface area (Å²) < 4.78 is 0. The fraction of sp³-hybridized carbons (Fsp3) is 0.133. The third kappa shape index (κ3) is 3.45. The van der Waals surface area contributed by atoms with Crippen LogP contribution in [0.5, 0.6) is 11.5 Å². The van der Waals surface area contributed by atoms with E-state index < -0.39 is 0 Å². The zero-order valence-corrected chi connectivity index (χ0v) is 11.6. The summed E-state index contributed by atoms with van der Waals surface area (Å²) in [5, 5.41) is 22.6. The van der Waals surface area contributed by atoms with E-state index in [-0.39, 0.29) is 23.3 Å². The first-order chi connectivity index (χ1) is 9.60. The molecule has 1 heterocycles. The maximum atomic E-state index is 12.0. The quantitative estimate of drug-likeness (QED) is 0.344. The lowest BCUT2D eigenvalue weighted by Gasteiger charge is -2.04. The van der Waals surface area contributed by atoms with Crippen molar-refractivity contribution in [1.29, 1.82) is 0 Å². The first kappa shape index (κ1) is 14.3. The highest BCUT2D eigenvalue weighted by molar-refractivity contribution is 8.03. The van der Waals surface area contributed by atoms with Gasteiger partial charge in [-0.1, -0.05) is 24.8 Å². The Morgan fingerprint density at radius 2 is 2.20 bits per heavy atom. The maximum Gasteiger partial charge on any atom is 0.188 e. The molecular formula is C15H15NO3S. The number of thioether (sulfide) groups is 1. The van der Waals surface area contributed by atoms with Crippen molar-refractivity contribution in [2.45, 2.75) is 6.04 Å². The number of hydrogen-bond donors (Lipinski definition) is 3. The minimum absolute atomic E-state index is 0.185. The fourth-order valence-corrected chi connectivity index (χ4v) is 2.70. The molecule has 0 saturated carbocycles. The Labute approximate surface area is 121 Å². The van der Waals surface area contributed by atoms with E-state index in [4.69, 9.17) is 0 Å². The van der Waals surface area contributed by atoms with Crippen molar-refractivity contribution in [3.8, 4) is 11.5 Å². The van der Waals surface area contributed by atoms with E-state index in [0.29, 0.717) is 5.56 Å². The van der Waals surface area contributed by atoms with E-state index in [0.717, 1.165) is 10.8 Å². The lowest BCUT2D eigenvalue weighted by Crippen LogP contribution is -2.20. The van der Waals surface area contributed by atoms with Gasteiger partial charge in [-0.3, -0.25) is 4.79 Å². The predicted molar refractivity (Wildman–Crippen MR) is 80.9 cm³/mol. The molecule has 104 valence electrons. The first-order valence-electron chi connectivity index (χ1n) is 6.06. The predicted octanol–water partition coefficient (Wildman–Crippen LogP) is 2.57. The minimum atomic E-state index is -0.298. The van der Waals surface area contributed by atoms with Crippen LogP contribution in [0.4, 0.5) is 0 Å². The van der Waals surface area contributed by atoms with Gasteiger partial charge in [-0.05, 0) is 18.2 Å². The molecule has 4 nitrogen and oxygen atoms in total. The van der Waals surface area contributed by atoms with E-state index >= 15 is 0 Å². The summed E-state index contributed by atoms with van der Waals surface area (Å²) >= 11 is 1.56. The summed E-state index contributed by atoms with van der Waals surface area (Å²) in [4.78, 5) is 12.0. The van der Waals surface area contributed by atoms with Crippen LogP contribution in [0.25, 0.3) is 0 Å². The van der Waals surface area contributed by atoms with Crippen molar-refractivity contribution in [2.75, 3.05) is 5.75 Å². The Hall–Kier alpha value is -2.14. The summed E-state index contributed by atoms with van der Waals surface area (Å²) in [6.45, 7) is 3.61. The van der Waals surface area contributed by atoms with Crippen molar-refractivity contribution in [3.63, 3.8) is 0 Å². The van der Waals surface area contributed by atoms with Gasteiger partial charge < -0.3 is 15.5 Å². The van der Waals surface area contributed by atoms with Crippen molar-refractivity contribution >= 4 is 17.5 Å². The second-order valence-corrected chi connectivity index (χ2v) is 5.32. The molecule has 0 spiro atoms. The molecule has 0 aliphatic carbocycles. The van der Waals surface area contributed by atoms with Gasteiger partial charge in [0.25, 0.3) is 0 Å². The maximum absolute atomic E-state index is 12.0. The van der Waals surface area contributed by atoms with Crippen LogP contribution in [-0.4, -0.2) is 27.8 Å². The van der Waals surface area contributed by atoms with Crippen LogP contribution in [0.15, 0.2) is 54.1 Å². The van der Waals surface area contributed by atoms with Gasteiger partial charge in [0.05, 0.1) is 11.1 Å². The van der Waals surface area contributed by atoms with Crippen molar-refractivity contribution in [1.82, 2.24) is 5.32 Å². The highest BCUT2D eigenvalue weighted by atomic mass is 32.2. The van der Waals surface area contributed by atoms with Crippen molar-refractivity contribution < 1.29 is 15.0 Å². The van der Waals surface area contributed by atoms with E-state index in [1.807, 2.05) is 12.2 Å². The van der Waals surface area contributed by atoms with Crippen LogP contribution in [0.1, 0.15) is 10.4 Å². The molecular weight excluding hydrogens is 274 g/mol. The molecule has 1 aliphatic rings. The Balaban J connectivity index is 2.07. The minimum Gasteiger partial charge on any atom is -0.504 e. The van der Waals surface area contributed by atoms with Gasteiger partial charge in [0, 0.05) is 17.4 Å². The number of phenols is 2. The Bertz CT molecular complexity index is 593. The SMILES string of the molecule is C=C/C=C/C1CS/C(=C\C(=O)c2ccc(O)c(O)c2)N1. The summed E-state index contributed by atoms with van der Waals surface area (Å²) in [6.07, 6.45) is 7.05. The lowest BCUT2D eigenvalue weighted by atomic mass is 10.1. The number of ketones is 1. The molecule has 1 aliphatic heterocycles. The van der Waals surface area contributed by atoms with Crippen LogP contribution >= 0.6 is 11.8 Å². The average molecular weight is 289 g/mol. The number of aromatic hydroxyl groups is 2. The summed E-state index contributed by atoms with van der Waals surface area (Å²) in [5.41, 5.74) is 0.334. The van der Waals surface area contributed by atoms with Gasteiger partial charge in [0.15, 0.2) is 17.3 Å². The molecule has 5 heteroatoms. The van der Waals surface area contributed by atoms with Crippen LogP contribution in [0.3, 0.4) is 0 Å². The molecule has 0 bridgehead atoms. The molecule has 1 aromatic carbocycles. The monoisotopic (exact) mass is 289 g/mol. The third-order valence-corrected chi connectivity index (χ3v) is 3.82. The Kier molecular flexibility index (Phi) is 4.53. The number of nitrogens with one attached hydrogen (secondary N) is 1. The van der Waals surface area contributed by atoms with Gasteiger partial charge >= 0.3 is 0 Å². The number of rotatable bonds is 4. The van der Waals surface area contributed by atoms with E-state index in [2.05, 4.69) is 11.9 Å². The normalized spacial score (nSPS) is 20.2. The first-order valence-corrected chi connectivity index (χ1v) is 7.05. The summed E-state index contributed by atoms with van der Waals surface area (Å²) in [5.74, 6) is 0.0958. The van der Waals surface area contributed by atoms with Gasteiger partial charge in [0.1, 0.15) is 0 Å². The topological polar surface area (TPSA) is 69.6 Å². The molecule has 20 heavy (non-hydrogen) atoms. The van der Waals surface area contributed by atoms with Gasteiger partial charge in [-0.2, -0.15) is 0 Å². The molecule has 1 atom stereocenters. The second-order valence-electron chi connectivity index (χ2n) is 4.26. The molecule has 1 saturated heterocycles. The number of benzene rings is 1. The second kappa shape index (κ2) is 6.34. The number of carbonyl (C=O) groups is 1. The van der Waals surface area contributed by atoms with Gasteiger partial charge in [-0.25, -0.2) is 0 Å². The number of phenolic OH excluding ortho intramolecular Hbond substituents is 2. The van der Waals surface area contributed by atoms with Crippen LogP contribution in [0, 0.1) is 0 Å².